The molecule has 0 aliphatic heterocycles. The zero-order chi connectivity index (χ0) is 16.1. The summed E-state index contributed by atoms with van der Waals surface area (Å²) in [6, 6.07) is 6.49. The molecule has 2 rings (SSSR count). The Morgan fingerprint density at radius 1 is 1.36 bits per heavy atom. The molecule has 1 aromatic carbocycles. The molecule has 1 unspecified atom stereocenters. The number of nitrogens with zero attached hydrogens (tertiary/aromatic N) is 2. The van der Waals surface area contributed by atoms with E-state index < -0.39 is 6.04 Å². The summed E-state index contributed by atoms with van der Waals surface area (Å²) >= 11 is 12.3. The number of rotatable bonds is 6. The summed E-state index contributed by atoms with van der Waals surface area (Å²) in [5.74, 6) is 0.335. The van der Waals surface area contributed by atoms with Crippen LogP contribution in [-0.4, -0.2) is 21.7 Å². The Morgan fingerprint density at radius 2 is 2.05 bits per heavy atom. The predicted molar refractivity (Wildman–Crippen MR) is 89.3 cm³/mol. The number of nitrogens with one attached hydrogen (secondary N) is 1. The number of nitrogens with two attached hydrogens (primary N) is 1. The van der Waals surface area contributed by atoms with Crippen LogP contribution in [0.4, 0.5) is 5.82 Å². The SMILES string of the molecule is CCCC(N)C(=O)Nc1ccnn1Cc1c(Cl)cccc1Cl. The van der Waals surface area contributed by atoms with Crippen molar-refractivity contribution >= 4 is 34.9 Å². The van der Waals surface area contributed by atoms with Crippen LogP contribution in [0.1, 0.15) is 25.3 Å². The van der Waals surface area contributed by atoms with Crippen molar-refractivity contribution in [1.29, 1.82) is 0 Å². The molecule has 118 valence electrons. The van der Waals surface area contributed by atoms with E-state index in [2.05, 4.69) is 10.4 Å². The van der Waals surface area contributed by atoms with Crippen LogP contribution >= 0.6 is 23.2 Å². The molecular weight excluding hydrogens is 323 g/mol. The van der Waals surface area contributed by atoms with Crippen LogP contribution in [0.5, 0.6) is 0 Å². The first kappa shape index (κ1) is 16.8. The highest BCUT2D eigenvalue weighted by Gasteiger charge is 2.15. The molecule has 2 aromatic rings. The molecule has 1 amide bonds. The minimum Gasteiger partial charge on any atom is -0.320 e. The van der Waals surface area contributed by atoms with Gasteiger partial charge in [0.05, 0.1) is 18.8 Å². The van der Waals surface area contributed by atoms with Crippen LogP contribution in [0.3, 0.4) is 0 Å². The monoisotopic (exact) mass is 340 g/mol. The average molecular weight is 341 g/mol. The highest BCUT2D eigenvalue weighted by molar-refractivity contribution is 6.35. The summed E-state index contributed by atoms with van der Waals surface area (Å²) in [5, 5.41) is 8.10. The van der Waals surface area contributed by atoms with Gasteiger partial charge in [-0.05, 0) is 18.6 Å². The smallest absolute Gasteiger partial charge is 0.242 e. The summed E-state index contributed by atoms with van der Waals surface area (Å²) in [6.45, 7) is 2.35. The first-order valence-corrected chi connectivity index (χ1v) is 7.79. The van der Waals surface area contributed by atoms with E-state index in [-0.39, 0.29) is 5.91 Å². The quantitative estimate of drug-likeness (QED) is 0.847. The van der Waals surface area contributed by atoms with E-state index in [1.54, 1.807) is 35.1 Å². The van der Waals surface area contributed by atoms with Crippen molar-refractivity contribution in [3.8, 4) is 0 Å². The lowest BCUT2D eigenvalue weighted by Crippen LogP contribution is -2.36. The Bertz CT molecular complexity index is 636. The molecule has 22 heavy (non-hydrogen) atoms. The van der Waals surface area contributed by atoms with Gasteiger partial charge in [0.2, 0.25) is 5.91 Å². The fraction of sp³-hybridized carbons (Fsp3) is 0.333. The third kappa shape index (κ3) is 4.00. The van der Waals surface area contributed by atoms with Gasteiger partial charge in [0.1, 0.15) is 5.82 Å². The van der Waals surface area contributed by atoms with E-state index in [9.17, 15) is 4.79 Å². The number of aromatic nitrogens is 2. The van der Waals surface area contributed by atoms with Gasteiger partial charge in [0.15, 0.2) is 0 Å². The molecular formula is C15H18Cl2N4O. The molecule has 0 saturated heterocycles. The summed E-state index contributed by atoms with van der Waals surface area (Å²) in [4.78, 5) is 12.0. The summed E-state index contributed by atoms with van der Waals surface area (Å²) in [5.41, 5.74) is 6.56. The minimum absolute atomic E-state index is 0.228. The summed E-state index contributed by atoms with van der Waals surface area (Å²) in [6.07, 6.45) is 3.09. The number of hydrogen-bond acceptors (Lipinski definition) is 3. The summed E-state index contributed by atoms with van der Waals surface area (Å²) in [7, 11) is 0. The molecule has 0 saturated carbocycles. The minimum atomic E-state index is -0.530. The van der Waals surface area contributed by atoms with Crippen LogP contribution in [0.25, 0.3) is 0 Å². The molecule has 0 fully saturated rings. The van der Waals surface area contributed by atoms with E-state index in [0.717, 1.165) is 12.0 Å². The van der Waals surface area contributed by atoms with E-state index in [4.69, 9.17) is 28.9 Å². The fourth-order valence-corrected chi connectivity index (χ4v) is 2.58. The lowest BCUT2D eigenvalue weighted by Gasteiger charge is -2.14. The maximum Gasteiger partial charge on any atom is 0.242 e. The van der Waals surface area contributed by atoms with Crippen molar-refractivity contribution < 1.29 is 4.79 Å². The average Bonchev–Trinajstić information content (AvgIpc) is 2.90. The van der Waals surface area contributed by atoms with Gasteiger partial charge in [-0.2, -0.15) is 5.10 Å². The Kier molecular flexibility index (Phi) is 5.83. The Hall–Kier alpha value is -1.56. The first-order chi connectivity index (χ1) is 10.5. The van der Waals surface area contributed by atoms with Gasteiger partial charge >= 0.3 is 0 Å². The van der Waals surface area contributed by atoms with Crippen molar-refractivity contribution in [2.75, 3.05) is 5.32 Å². The van der Waals surface area contributed by atoms with Crippen LogP contribution in [0.15, 0.2) is 30.5 Å². The lowest BCUT2D eigenvalue weighted by atomic mass is 10.2. The number of amides is 1. The van der Waals surface area contributed by atoms with Crippen molar-refractivity contribution in [2.45, 2.75) is 32.4 Å². The van der Waals surface area contributed by atoms with Gasteiger partial charge < -0.3 is 11.1 Å². The second-order valence-electron chi connectivity index (χ2n) is 4.96. The molecule has 0 aliphatic rings. The normalized spacial score (nSPS) is 12.2. The molecule has 1 aromatic heterocycles. The van der Waals surface area contributed by atoms with Gasteiger partial charge in [0, 0.05) is 21.7 Å². The molecule has 0 aliphatic carbocycles. The third-order valence-corrected chi connectivity index (χ3v) is 3.98. The van der Waals surface area contributed by atoms with E-state index in [1.807, 2.05) is 6.92 Å². The molecule has 3 N–H and O–H groups in total. The number of carbonyl (C=O) groups excluding carboxylic acids is 1. The molecule has 0 bridgehead atoms. The Labute approximate surface area is 139 Å². The molecule has 7 heteroatoms. The maximum atomic E-state index is 12.0. The van der Waals surface area contributed by atoms with Gasteiger partial charge in [-0.25, -0.2) is 4.68 Å². The molecule has 1 heterocycles. The highest BCUT2D eigenvalue weighted by atomic mass is 35.5. The third-order valence-electron chi connectivity index (χ3n) is 3.27. The molecule has 0 spiro atoms. The lowest BCUT2D eigenvalue weighted by molar-refractivity contribution is -0.117. The Morgan fingerprint density at radius 3 is 2.68 bits per heavy atom. The van der Waals surface area contributed by atoms with Crippen LogP contribution in [0, 0.1) is 0 Å². The van der Waals surface area contributed by atoms with Gasteiger partial charge in [-0.15, -0.1) is 0 Å². The highest BCUT2D eigenvalue weighted by Crippen LogP contribution is 2.26. The van der Waals surface area contributed by atoms with Crippen molar-refractivity contribution in [3.05, 3.63) is 46.1 Å². The molecule has 5 nitrogen and oxygen atoms in total. The number of carbonyl (C=O) groups is 1. The summed E-state index contributed by atoms with van der Waals surface area (Å²) < 4.78 is 1.63. The van der Waals surface area contributed by atoms with Crippen molar-refractivity contribution in [1.82, 2.24) is 9.78 Å². The fourth-order valence-electron chi connectivity index (χ4n) is 2.06. The van der Waals surface area contributed by atoms with Gasteiger partial charge in [-0.1, -0.05) is 42.6 Å². The number of halogens is 2. The maximum absolute atomic E-state index is 12.0. The van der Waals surface area contributed by atoms with Crippen molar-refractivity contribution in [3.63, 3.8) is 0 Å². The number of hydrogen-bond donors (Lipinski definition) is 2. The second-order valence-corrected chi connectivity index (χ2v) is 5.77. The van der Waals surface area contributed by atoms with Crippen LogP contribution in [-0.2, 0) is 11.3 Å². The van der Waals surface area contributed by atoms with E-state index in [1.165, 1.54) is 0 Å². The molecule has 1 atom stereocenters. The van der Waals surface area contributed by atoms with Gasteiger partial charge in [0.25, 0.3) is 0 Å². The Balaban J connectivity index is 2.15. The number of anilines is 1. The topological polar surface area (TPSA) is 72.9 Å². The zero-order valence-electron chi connectivity index (χ0n) is 12.2. The predicted octanol–water partition coefficient (Wildman–Crippen LogP) is 3.30. The zero-order valence-corrected chi connectivity index (χ0v) is 13.7. The van der Waals surface area contributed by atoms with Crippen LogP contribution in [0.2, 0.25) is 10.0 Å². The molecule has 0 radical (unpaired) electrons. The van der Waals surface area contributed by atoms with Crippen molar-refractivity contribution in [2.24, 2.45) is 5.73 Å². The van der Waals surface area contributed by atoms with E-state index >= 15 is 0 Å². The van der Waals surface area contributed by atoms with Gasteiger partial charge in [-0.3, -0.25) is 4.79 Å². The largest absolute Gasteiger partial charge is 0.320 e. The number of benzene rings is 1. The second kappa shape index (κ2) is 7.63. The standard InChI is InChI=1S/C15H18Cl2N4O/c1-2-4-13(18)15(22)20-14-7-8-19-21(14)9-10-11(16)5-3-6-12(10)17/h3,5-8,13H,2,4,9,18H2,1H3,(H,20,22). The van der Waals surface area contributed by atoms with E-state index in [0.29, 0.717) is 28.8 Å². The van der Waals surface area contributed by atoms with Crippen LogP contribution < -0.4 is 11.1 Å². The first-order valence-electron chi connectivity index (χ1n) is 7.04.